The number of ether oxygens (including phenoxy) is 3. The lowest BCUT2D eigenvalue weighted by atomic mass is 10.1. The van der Waals surface area contributed by atoms with Crippen LogP contribution in [0.15, 0.2) is 67.0 Å². The van der Waals surface area contributed by atoms with Gasteiger partial charge in [-0.1, -0.05) is 6.07 Å². The summed E-state index contributed by atoms with van der Waals surface area (Å²) in [5.74, 6) is 1.54. The molecule has 6 nitrogen and oxygen atoms in total. The maximum Gasteiger partial charge on any atom is 0.343 e. The number of rotatable bonds is 8. The maximum atomic E-state index is 12.5. The lowest BCUT2D eigenvalue weighted by Crippen LogP contribution is -2.09. The van der Waals surface area contributed by atoms with Crippen molar-refractivity contribution in [1.82, 2.24) is 4.98 Å². The van der Waals surface area contributed by atoms with E-state index in [1.807, 2.05) is 6.07 Å². The number of esters is 1. The predicted octanol–water partition coefficient (Wildman–Crippen LogP) is 4.62. The molecule has 0 spiro atoms. The molecular formula is C23H21NO5. The third-order valence-corrected chi connectivity index (χ3v) is 4.16. The standard InChI is InChI=1S/C23H21NO5/c1-16(25)5-6-17-7-12-21(27-2)22(14-17)29-23(26)18-8-10-19(11-9-18)28-20-4-3-13-24-15-20/h3-4,7-15H,5-6H2,1-2H3. The van der Waals surface area contributed by atoms with Gasteiger partial charge in [0.2, 0.25) is 0 Å². The molecule has 0 fully saturated rings. The zero-order valence-corrected chi connectivity index (χ0v) is 16.3. The first kappa shape index (κ1) is 20.1. The molecule has 2 aromatic carbocycles. The number of benzene rings is 2. The number of carbonyl (C=O) groups is 2. The van der Waals surface area contributed by atoms with Crippen LogP contribution in [0, 0.1) is 0 Å². The normalized spacial score (nSPS) is 10.3. The van der Waals surface area contributed by atoms with Crippen molar-refractivity contribution >= 4 is 11.8 Å². The van der Waals surface area contributed by atoms with E-state index in [4.69, 9.17) is 14.2 Å². The lowest BCUT2D eigenvalue weighted by Gasteiger charge is -2.11. The Labute approximate surface area is 169 Å². The second-order valence-electron chi connectivity index (χ2n) is 6.39. The average molecular weight is 391 g/mol. The molecule has 0 aliphatic heterocycles. The number of nitrogens with zero attached hydrogens (tertiary/aromatic N) is 1. The maximum absolute atomic E-state index is 12.5. The Balaban J connectivity index is 1.70. The summed E-state index contributed by atoms with van der Waals surface area (Å²) in [6.45, 7) is 1.55. The van der Waals surface area contributed by atoms with Crippen LogP contribution < -0.4 is 14.2 Å². The monoisotopic (exact) mass is 391 g/mol. The van der Waals surface area contributed by atoms with Gasteiger partial charge in [0, 0.05) is 12.6 Å². The number of carbonyl (C=O) groups excluding carboxylic acids is 2. The highest BCUT2D eigenvalue weighted by Crippen LogP contribution is 2.30. The van der Waals surface area contributed by atoms with Crippen molar-refractivity contribution in [3.8, 4) is 23.0 Å². The van der Waals surface area contributed by atoms with E-state index in [2.05, 4.69) is 4.98 Å². The summed E-state index contributed by atoms with van der Waals surface area (Å²) in [6, 6.07) is 15.5. The second-order valence-corrected chi connectivity index (χ2v) is 6.39. The van der Waals surface area contributed by atoms with E-state index in [-0.39, 0.29) is 5.78 Å². The summed E-state index contributed by atoms with van der Waals surface area (Å²) in [5, 5.41) is 0. The van der Waals surface area contributed by atoms with Crippen LogP contribution >= 0.6 is 0 Å². The van der Waals surface area contributed by atoms with Crippen molar-refractivity contribution < 1.29 is 23.8 Å². The minimum absolute atomic E-state index is 0.105. The summed E-state index contributed by atoms with van der Waals surface area (Å²) in [7, 11) is 1.51. The largest absolute Gasteiger partial charge is 0.493 e. The van der Waals surface area contributed by atoms with Crippen LogP contribution in [-0.4, -0.2) is 23.8 Å². The van der Waals surface area contributed by atoms with Gasteiger partial charge in [0.05, 0.1) is 18.9 Å². The summed E-state index contributed by atoms with van der Waals surface area (Å²) in [5.41, 5.74) is 1.27. The van der Waals surface area contributed by atoms with Crippen molar-refractivity contribution in [1.29, 1.82) is 0 Å². The van der Waals surface area contributed by atoms with E-state index in [1.165, 1.54) is 7.11 Å². The van der Waals surface area contributed by atoms with Crippen LogP contribution in [0.25, 0.3) is 0 Å². The highest BCUT2D eigenvalue weighted by atomic mass is 16.6. The van der Waals surface area contributed by atoms with Crippen LogP contribution in [0.1, 0.15) is 29.3 Å². The van der Waals surface area contributed by atoms with E-state index in [0.29, 0.717) is 41.4 Å². The highest BCUT2D eigenvalue weighted by Gasteiger charge is 2.14. The number of pyridine rings is 1. The van der Waals surface area contributed by atoms with E-state index < -0.39 is 5.97 Å². The van der Waals surface area contributed by atoms with Crippen LogP contribution in [0.3, 0.4) is 0 Å². The first-order chi connectivity index (χ1) is 14.0. The minimum Gasteiger partial charge on any atom is -0.493 e. The second kappa shape index (κ2) is 9.50. The van der Waals surface area contributed by atoms with Gasteiger partial charge in [0.15, 0.2) is 11.5 Å². The minimum atomic E-state index is -0.514. The molecule has 1 heterocycles. The number of methoxy groups -OCH3 is 1. The molecule has 0 saturated heterocycles. The van der Waals surface area contributed by atoms with Crippen molar-refractivity contribution in [3.05, 3.63) is 78.1 Å². The predicted molar refractivity (Wildman–Crippen MR) is 108 cm³/mol. The topological polar surface area (TPSA) is 74.7 Å². The third kappa shape index (κ3) is 5.65. The number of hydrogen-bond donors (Lipinski definition) is 0. The van der Waals surface area contributed by atoms with Crippen LogP contribution in [-0.2, 0) is 11.2 Å². The van der Waals surface area contributed by atoms with E-state index >= 15 is 0 Å². The summed E-state index contributed by atoms with van der Waals surface area (Å²) in [4.78, 5) is 27.7. The summed E-state index contributed by atoms with van der Waals surface area (Å²) >= 11 is 0. The Bertz CT molecular complexity index is 984. The van der Waals surface area contributed by atoms with Gasteiger partial charge in [-0.2, -0.15) is 0 Å². The molecule has 1 aromatic heterocycles. The number of aromatic nitrogens is 1. The third-order valence-electron chi connectivity index (χ3n) is 4.16. The molecule has 0 aliphatic rings. The number of hydrogen-bond acceptors (Lipinski definition) is 6. The number of Topliss-reactive ketones (excluding diaryl/α,β-unsaturated/α-hetero) is 1. The van der Waals surface area contributed by atoms with Crippen molar-refractivity contribution in [2.45, 2.75) is 19.8 Å². The zero-order chi connectivity index (χ0) is 20.6. The molecule has 0 atom stereocenters. The Morgan fingerprint density at radius 3 is 2.41 bits per heavy atom. The van der Waals surface area contributed by atoms with Gasteiger partial charge in [-0.05, 0) is 67.4 Å². The lowest BCUT2D eigenvalue weighted by molar-refractivity contribution is -0.116. The molecule has 0 N–H and O–H groups in total. The first-order valence-electron chi connectivity index (χ1n) is 9.11. The fraction of sp³-hybridized carbons (Fsp3) is 0.174. The average Bonchev–Trinajstić information content (AvgIpc) is 2.73. The molecule has 6 heteroatoms. The highest BCUT2D eigenvalue weighted by molar-refractivity contribution is 5.91. The number of aryl methyl sites for hydroxylation is 1. The summed E-state index contributed by atoms with van der Waals surface area (Å²) < 4.78 is 16.5. The van der Waals surface area contributed by atoms with Gasteiger partial charge in [-0.15, -0.1) is 0 Å². The Kier molecular flexibility index (Phi) is 6.58. The van der Waals surface area contributed by atoms with E-state index in [9.17, 15) is 9.59 Å². The van der Waals surface area contributed by atoms with Crippen LogP contribution in [0.4, 0.5) is 0 Å². The SMILES string of the molecule is COc1ccc(CCC(C)=O)cc1OC(=O)c1ccc(Oc2cccnc2)cc1. The van der Waals surface area contributed by atoms with Gasteiger partial charge in [0.1, 0.15) is 17.3 Å². The molecule has 0 unspecified atom stereocenters. The molecule has 0 saturated carbocycles. The zero-order valence-electron chi connectivity index (χ0n) is 16.3. The van der Waals surface area contributed by atoms with Gasteiger partial charge in [-0.25, -0.2) is 4.79 Å². The molecule has 0 amide bonds. The van der Waals surface area contributed by atoms with Crippen molar-refractivity contribution in [2.24, 2.45) is 0 Å². The molecule has 0 bridgehead atoms. The van der Waals surface area contributed by atoms with Crippen molar-refractivity contribution in [3.63, 3.8) is 0 Å². The Hall–Kier alpha value is -3.67. The molecule has 3 aromatic rings. The molecular weight excluding hydrogens is 370 g/mol. The van der Waals surface area contributed by atoms with E-state index in [1.54, 1.807) is 67.8 Å². The van der Waals surface area contributed by atoms with Gasteiger partial charge >= 0.3 is 5.97 Å². The Morgan fingerprint density at radius 2 is 1.76 bits per heavy atom. The van der Waals surface area contributed by atoms with E-state index in [0.717, 1.165) is 5.56 Å². The Morgan fingerprint density at radius 1 is 0.966 bits per heavy atom. The smallest absolute Gasteiger partial charge is 0.343 e. The molecule has 3 rings (SSSR count). The van der Waals surface area contributed by atoms with Gasteiger partial charge < -0.3 is 19.0 Å². The fourth-order valence-electron chi connectivity index (χ4n) is 2.64. The first-order valence-corrected chi connectivity index (χ1v) is 9.11. The summed E-state index contributed by atoms with van der Waals surface area (Å²) in [6.07, 6.45) is 4.27. The molecule has 29 heavy (non-hydrogen) atoms. The van der Waals surface area contributed by atoms with Gasteiger partial charge in [0.25, 0.3) is 0 Å². The molecule has 0 radical (unpaired) electrons. The fourth-order valence-corrected chi connectivity index (χ4v) is 2.64. The van der Waals surface area contributed by atoms with Crippen LogP contribution in [0.2, 0.25) is 0 Å². The van der Waals surface area contributed by atoms with Gasteiger partial charge in [-0.3, -0.25) is 4.98 Å². The molecule has 0 aliphatic carbocycles. The van der Waals surface area contributed by atoms with Crippen molar-refractivity contribution in [2.75, 3.05) is 7.11 Å². The number of ketones is 1. The molecule has 148 valence electrons. The van der Waals surface area contributed by atoms with Crippen LogP contribution in [0.5, 0.6) is 23.0 Å². The quantitative estimate of drug-likeness (QED) is 0.412.